The molecule has 0 saturated carbocycles. The zero-order valence-electron chi connectivity index (χ0n) is 11.5. The number of methoxy groups -OCH3 is 1. The van der Waals surface area contributed by atoms with E-state index in [4.69, 9.17) is 10.5 Å². The summed E-state index contributed by atoms with van der Waals surface area (Å²) in [6.07, 6.45) is 0. The molecule has 0 bridgehead atoms. The molecule has 0 aliphatic heterocycles. The standard InChI is InChI=1S/C12H18BrFN2O3S/c1-12(2,19-3)7-16-20(17,18)10-5-9(13)4-8(6-15)11(10)14/h4-5,16H,6-7,15H2,1-3H3. The molecule has 0 atom stereocenters. The van der Waals surface area contributed by atoms with E-state index < -0.39 is 26.3 Å². The van der Waals surface area contributed by atoms with Gasteiger partial charge in [0, 0.05) is 30.2 Å². The molecule has 20 heavy (non-hydrogen) atoms. The molecular formula is C12H18BrFN2O3S. The molecule has 0 fully saturated rings. The maximum atomic E-state index is 14.1. The quantitative estimate of drug-likeness (QED) is 0.801. The van der Waals surface area contributed by atoms with Crippen LogP contribution in [0.5, 0.6) is 0 Å². The molecule has 0 aliphatic carbocycles. The van der Waals surface area contributed by atoms with Gasteiger partial charge in [0.2, 0.25) is 10.0 Å². The maximum Gasteiger partial charge on any atom is 0.243 e. The van der Waals surface area contributed by atoms with E-state index in [0.717, 1.165) is 0 Å². The minimum absolute atomic E-state index is 0.0236. The van der Waals surface area contributed by atoms with Crippen LogP contribution in [0.4, 0.5) is 4.39 Å². The zero-order chi connectivity index (χ0) is 15.6. The molecule has 0 saturated heterocycles. The van der Waals surface area contributed by atoms with E-state index in [1.54, 1.807) is 13.8 Å². The van der Waals surface area contributed by atoms with Gasteiger partial charge in [-0.2, -0.15) is 0 Å². The molecule has 114 valence electrons. The Kier molecular flexibility index (Phi) is 5.68. The monoisotopic (exact) mass is 368 g/mol. The van der Waals surface area contributed by atoms with Gasteiger partial charge in [0.05, 0.1) is 5.60 Å². The number of nitrogens with one attached hydrogen (secondary N) is 1. The third kappa shape index (κ3) is 4.23. The summed E-state index contributed by atoms with van der Waals surface area (Å²) in [4.78, 5) is -0.431. The molecule has 0 spiro atoms. The van der Waals surface area contributed by atoms with Gasteiger partial charge in [-0.25, -0.2) is 17.5 Å². The van der Waals surface area contributed by atoms with Crippen LogP contribution in [-0.4, -0.2) is 27.7 Å². The molecule has 0 amide bonds. The highest BCUT2D eigenvalue weighted by atomic mass is 79.9. The van der Waals surface area contributed by atoms with Crippen LogP contribution >= 0.6 is 15.9 Å². The Hall–Kier alpha value is -0.540. The highest BCUT2D eigenvalue weighted by Crippen LogP contribution is 2.24. The molecule has 0 radical (unpaired) electrons. The molecule has 8 heteroatoms. The lowest BCUT2D eigenvalue weighted by atomic mass is 10.1. The molecule has 0 unspecified atom stereocenters. The van der Waals surface area contributed by atoms with Crippen LogP contribution < -0.4 is 10.5 Å². The van der Waals surface area contributed by atoms with Crippen molar-refractivity contribution in [2.75, 3.05) is 13.7 Å². The van der Waals surface area contributed by atoms with E-state index in [0.29, 0.717) is 4.47 Å². The third-order valence-electron chi connectivity index (χ3n) is 2.83. The van der Waals surface area contributed by atoms with Gasteiger partial charge in [0.25, 0.3) is 0 Å². The van der Waals surface area contributed by atoms with Gasteiger partial charge >= 0.3 is 0 Å². The van der Waals surface area contributed by atoms with Crippen molar-refractivity contribution in [3.63, 3.8) is 0 Å². The first-order valence-corrected chi connectivity index (χ1v) is 8.13. The Bertz CT molecular complexity index is 591. The van der Waals surface area contributed by atoms with Gasteiger partial charge < -0.3 is 10.5 Å². The van der Waals surface area contributed by atoms with Crippen molar-refractivity contribution in [3.8, 4) is 0 Å². The van der Waals surface area contributed by atoms with Crippen LogP contribution in [0.1, 0.15) is 19.4 Å². The summed E-state index contributed by atoms with van der Waals surface area (Å²) in [6.45, 7) is 3.38. The van der Waals surface area contributed by atoms with E-state index in [1.807, 2.05) is 0 Å². The summed E-state index contributed by atoms with van der Waals surface area (Å²) in [5.74, 6) is -0.835. The number of rotatable bonds is 6. The molecule has 1 aromatic carbocycles. The Morgan fingerprint density at radius 2 is 2.05 bits per heavy atom. The van der Waals surface area contributed by atoms with Gasteiger partial charge in [0.1, 0.15) is 10.7 Å². The first-order chi connectivity index (χ1) is 9.13. The maximum absolute atomic E-state index is 14.1. The van der Waals surface area contributed by atoms with Crippen LogP contribution in [0.25, 0.3) is 0 Å². The number of hydrogen-bond donors (Lipinski definition) is 2. The normalized spacial score (nSPS) is 12.7. The number of benzene rings is 1. The molecule has 0 heterocycles. The minimum Gasteiger partial charge on any atom is -0.377 e. The van der Waals surface area contributed by atoms with Gasteiger partial charge in [-0.3, -0.25) is 0 Å². The molecular weight excluding hydrogens is 351 g/mol. The van der Waals surface area contributed by atoms with Crippen molar-refractivity contribution in [3.05, 3.63) is 28.0 Å². The summed E-state index contributed by atoms with van der Waals surface area (Å²) in [6, 6.07) is 2.66. The lowest BCUT2D eigenvalue weighted by molar-refractivity contribution is 0.0276. The summed E-state index contributed by atoms with van der Waals surface area (Å²) < 4.78 is 46.3. The summed E-state index contributed by atoms with van der Waals surface area (Å²) in [7, 11) is -2.51. The highest BCUT2D eigenvalue weighted by molar-refractivity contribution is 9.10. The zero-order valence-corrected chi connectivity index (χ0v) is 13.9. The van der Waals surface area contributed by atoms with Gasteiger partial charge in [-0.15, -0.1) is 0 Å². The SMILES string of the molecule is COC(C)(C)CNS(=O)(=O)c1cc(Br)cc(CN)c1F. The van der Waals surface area contributed by atoms with Crippen LogP contribution in [0, 0.1) is 5.82 Å². The average molecular weight is 369 g/mol. The third-order valence-corrected chi connectivity index (χ3v) is 4.69. The first-order valence-electron chi connectivity index (χ1n) is 5.86. The predicted octanol–water partition coefficient (Wildman–Crippen LogP) is 1.75. The van der Waals surface area contributed by atoms with Crippen LogP contribution in [0.2, 0.25) is 0 Å². The van der Waals surface area contributed by atoms with Crippen molar-refractivity contribution >= 4 is 26.0 Å². The molecule has 5 nitrogen and oxygen atoms in total. The van der Waals surface area contributed by atoms with Crippen molar-refractivity contribution < 1.29 is 17.5 Å². The van der Waals surface area contributed by atoms with Crippen molar-refractivity contribution in [2.24, 2.45) is 5.73 Å². The van der Waals surface area contributed by atoms with Crippen molar-refractivity contribution in [1.82, 2.24) is 4.72 Å². The predicted molar refractivity (Wildman–Crippen MR) is 78.3 cm³/mol. The minimum atomic E-state index is -3.98. The van der Waals surface area contributed by atoms with E-state index in [9.17, 15) is 12.8 Å². The second-order valence-electron chi connectivity index (χ2n) is 4.87. The number of hydrogen-bond acceptors (Lipinski definition) is 4. The highest BCUT2D eigenvalue weighted by Gasteiger charge is 2.25. The molecule has 1 aromatic rings. The first kappa shape index (κ1) is 17.5. The van der Waals surface area contributed by atoms with E-state index in [2.05, 4.69) is 20.7 Å². The van der Waals surface area contributed by atoms with Crippen molar-refractivity contribution in [2.45, 2.75) is 30.9 Å². The lowest BCUT2D eigenvalue weighted by Gasteiger charge is -2.23. The largest absolute Gasteiger partial charge is 0.377 e. The van der Waals surface area contributed by atoms with E-state index in [1.165, 1.54) is 19.2 Å². The van der Waals surface area contributed by atoms with Crippen LogP contribution in [0.3, 0.4) is 0 Å². The molecule has 0 aromatic heterocycles. The average Bonchev–Trinajstić information content (AvgIpc) is 2.39. The van der Waals surface area contributed by atoms with E-state index >= 15 is 0 Å². The fraction of sp³-hybridized carbons (Fsp3) is 0.500. The van der Waals surface area contributed by atoms with Crippen LogP contribution in [-0.2, 0) is 21.3 Å². The smallest absolute Gasteiger partial charge is 0.243 e. The number of sulfonamides is 1. The van der Waals surface area contributed by atoms with Gasteiger partial charge in [-0.05, 0) is 26.0 Å². The molecule has 0 aliphatic rings. The Balaban J connectivity index is 3.13. The number of halogens is 2. The van der Waals surface area contributed by atoms with E-state index in [-0.39, 0.29) is 18.7 Å². The van der Waals surface area contributed by atoms with Gasteiger partial charge in [0.15, 0.2) is 0 Å². The summed E-state index contributed by atoms with van der Waals surface area (Å²) >= 11 is 3.15. The van der Waals surface area contributed by atoms with Gasteiger partial charge in [-0.1, -0.05) is 15.9 Å². The Labute approximate surface area is 126 Å². The Morgan fingerprint density at radius 1 is 1.45 bits per heavy atom. The summed E-state index contributed by atoms with van der Waals surface area (Å²) in [5, 5.41) is 0. The lowest BCUT2D eigenvalue weighted by Crippen LogP contribution is -2.40. The Morgan fingerprint density at radius 3 is 2.55 bits per heavy atom. The molecule has 3 N–H and O–H groups in total. The summed E-state index contributed by atoms with van der Waals surface area (Å²) in [5.41, 5.74) is 4.84. The topological polar surface area (TPSA) is 81.4 Å². The van der Waals surface area contributed by atoms with Crippen LogP contribution in [0.15, 0.2) is 21.5 Å². The molecule has 1 rings (SSSR count). The fourth-order valence-electron chi connectivity index (χ4n) is 1.38. The second kappa shape index (κ2) is 6.48. The fourth-order valence-corrected chi connectivity index (χ4v) is 3.38. The number of nitrogens with two attached hydrogens (primary N) is 1. The number of ether oxygens (including phenoxy) is 1. The van der Waals surface area contributed by atoms with Crippen molar-refractivity contribution in [1.29, 1.82) is 0 Å². The second-order valence-corrected chi connectivity index (χ2v) is 7.52.